The van der Waals surface area contributed by atoms with Crippen LogP contribution in [0.1, 0.15) is 21.5 Å². The molecule has 4 N–H and O–H groups in total. The number of carbonyl (C=O) groups excluding carboxylic acids is 1. The highest BCUT2D eigenvalue weighted by molar-refractivity contribution is 7.98. The molecule has 2 aromatic rings. The van der Waals surface area contributed by atoms with E-state index in [-0.39, 0.29) is 0 Å². The van der Waals surface area contributed by atoms with Crippen LogP contribution < -0.4 is 11.5 Å². The zero-order valence-corrected chi connectivity index (χ0v) is 12.6. The topological polar surface area (TPSA) is 69.1 Å². The molecule has 0 bridgehead atoms. The zero-order valence-electron chi connectivity index (χ0n) is 11.0. The lowest BCUT2D eigenvalue weighted by molar-refractivity contribution is 0.0997. The SMILES string of the molecule is Cc1ccccc1CSc1c(Cl)cc(N)cc1C(N)=O. The largest absolute Gasteiger partial charge is 0.399 e. The van der Waals surface area contributed by atoms with Crippen molar-refractivity contribution in [2.45, 2.75) is 17.6 Å². The highest BCUT2D eigenvalue weighted by atomic mass is 35.5. The molecule has 0 fully saturated rings. The van der Waals surface area contributed by atoms with Gasteiger partial charge in [0.05, 0.1) is 10.6 Å². The van der Waals surface area contributed by atoms with Gasteiger partial charge in [0.2, 0.25) is 5.91 Å². The molecular weight excluding hydrogens is 292 g/mol. The van der Waals surface area contributed by atoms with Gasteiger partial charge in [0.15, 0.2) is 0 Å². The molecule has 0 saturated carbocycles. The molecule has 2 aromatic carbocycles. The fraction of sp³-hybridized carbons (Fsp3) is 0.133. The molecule has 104 valence electrons. The van der Waals surface area contributed by atoms with Crippen molar-refractivity contribution in [2.24, 2.45) is 5.73 Å². The summed E-state index contributed by atoms with van der Waals surface area (Å²) in [5, 5.41) is 0.456. The van der Waals surface area contributed by atoms with Crippen LogP contribution in [0.25, 0.3) is 0 Å². The van der Waals surface area contributed by atoms with E-state index < -0.39 is 5.91 Å². The van der Waals surface area contributed by atoms with E-state index in [9.17, 15) is 4.79 Å². The van der Waals surface area contributed by atoms with E-state index in [0.29, 0.717) is 21.2 Å². The predicted octanol–water partition coefficient (Wildman–Crippen LogP) is 3.62. The Morgan fingerprint density at radius 1 is 1.30 bits per heavy atom. The van der Waals surface area contributed by atoms with E-state index in [2.05, 4.69) is 19.1 Å². The first kappa shape index (κ1) is 14.8. The number of thioether (sulfide) groups is 1. The fourth-order valence-electron chi connectivity index (χ4n) is 1.87. The van der Waals surface area contributed by atoms with Crippen molar-refractivity contribution < 1.29 is 4.79 Å². The first-order valence-corrected chi connectivity index (χ1v) is 7.41. The van der Waals surface area contributed by atoms with E-state index >= 15 is 0 Å². The molecule has 0 atom stereocenters. The first-order chi connectivity index (χ1) is 9.49. The van der Waals surface area contributed by atoms with Gasteiger partial charge in [-0.3, -0.25) is 4.79 Å². The molecular formula is C15H15ClN2OS. The number of nitrogens with two attached hydrogens (primary N) is 2. The lowest BCUT2D eigenvalue weighted by Gasteiger charge is -2.11. The van der Waals surface area contributed by atoms with Gasteiger partial charge >= 0.3 is 0 Å². The quantitative estimate of drug-likeness (QED) is 0.669. The van der Waals surface area contributed by atoms with Gasteiger partial charge in [0, 0.05) is 16.3 Å². The van der Waals surface area contributed by atoms with Crippen molar-refractivity contribution in [1.29, 1.82) is 0 Å². The second-order valence-corrected chi connectivity index (χ2v) is 5.85. The summed E-state index contributed by atoms with van der Waals surface area (Å²) in [5.74, 6) is 0.197. The molecule has 3 nitrogen and oxygen atoms in total. The summed E-state index contributed by atoms with van der Waals surface area (Å²) in [7, 11) is 0. The summed E-state index contributed by atoms with van der Waals surface area (Å²) in [5.41, 5.74) is 14.3. The first-order valence-electron chi connectivity index (χ1n) is 6.05. The van der Waals surface area contributed by atoms with Crippen LogP contribution in [0.4, 0.5) is 5.69 Å². The highest BCUT2D eigenvalue weighted by Gasteiger charge is 2.14. The van der Waals surface area contributed by atoms with Gasteiger partial charge in [-0.25, -0.2) is 0 Å². The van der Waals surface area contributed by atoms with Crippen molar-refractivity contribution in [2.75, 3.05) is 5.73 Å². The van der Waals surface area contributed by atoms with E-state index in [1.165, 1.54) is 22.9 Å². The van der Waals surface area contributed by atoms with Gasteiger partial charge in [0.25, 0.3) is 0 Å². The molecule has 20 heavy (non-hydrogen) atoms. The Morgan fingerprint density at radius 3 is 2.65 bits per heavy atom. The summed E-state index contributed by atoms with van der Waals surface area (Å²) in [6, 6.07) is 11.3. The molecule has 0 saturated heterocycles. The number of hydrogen-bond donors (Lipinski definition) is 2. The van der Waals surface area contributed by atoms with E-state index in [0.717, 1.165) is 5.75 Å². The van der Waals surface area contributed by atoms with Crippen LogP contribution in [0.5, 0.6) is 0 Å². The van der Waals surface area contributed by atoms with E-state index in [1.54, 1.807) is 12.1 Å². The van der Waals surface area contributed by atoms with Crippen LogP contribution in [0.3, 0.4) is 0 Å². The van der Waals surface area contributed by atoms with Gasteiger partial charge in [-0.15, -0.1) is 11.8 Å². The van der Waals surface area contributed by atoms with Crippen LogP contribution in [0.2, 0.25) is 5.02 Å². The summed E-state index contributed by atoms with van der Waals surface area (Å²) in [6.45, 7) is 2.05. The Hall–Kier alpha value is -1.65. The number of primary amides is 1. The summed E-state index contributed by atoms with van der Waals surface area (Å²) in [4.78, 5) is 12.2. The highest BCUT2D eigenvalue weighted by Crippen LogP contribution is 2.35. The van der Waals surface area contributed by atoms with Crippen molar-refractivity contribution in [1.82, 2.24) is 0 Å². The van der Waals surface area contributed by atoms with Crippen LogP contribution in [-0.2, 0) is 5.75 Å². The Kier molecular flexibility index (Phi) is 4.57. The fourth-order valence-corrected chi connectivity index (χ4v) is 3.39. The smallest absolute Gasteiger partial charge is 0.249 e. The minimum Gasteiger partial charge on any atom is -0.399 e. The summed E-state index contributed by atoms with van der Waals surface area (Å²) < 4.78 is 0. The van der Waals surface area contributed by atoms with Crippen LogP contribution in [-0.4, -0.2) is 5.91 Å². The van der Waals surface area contributed by atoms with Gasteiger partial charge < -0.3 is 11.5 Å². The molecule has 0 aromatic heterocycles. The average molecular weight is 307 g/mol. The molecule has 1 amide bonds. The monoisotopic (exact) mass is 306 g/mol. The number of halogens is 1. The Morgan fingerprint density at radius 2 is 2.00 bits per heavy atom. The average Bonchev–Trinajstić information content (AvgIpc) is 2.38. The number of anilines is 1. The van der Waals surface area contributed by atoms with Crippen LogP contribution in [0.15, 0.2) is 41.3 Å². The van der Waals surface area contributed by atoms with Crippen molar-refractivity contribution >= 4 is 35.0 Å². The van der Waals surface area contributed by atoms with Crippen molar-refractivity contribution in [3.63, 3.8) is 0 Å². The Balaban J connectivity index is 2.30. The third-order valence-electron chi connectivity index (χ3n) is 2.96. The number of nitrogen functional groups attached to an aromatic ring is 1. The van der Waals surface area contributed by atoms with Gasteiger partial charge in [-0.1, -0.05) is 35.9 Å². The maximum absolute atomic E-state index is 11.5. The molecule has 0 heterocycles. The number of rotatable bonds is 4. The predicted molar refractivity (Wildman–Crippen MR) is 85.1 cm³/mol. The molecule has 0 aliphatic carbocycles. The normalized spacial score (nSPS) is 10.5. The molecule has 0 radical (unpaired) electrons. The second kappa shape index (κ2) is 6.20. The summed E-state index contributed by atoms with van der Waals surface area (Å²) in [6.07, 6.45) is 0. The van der Waals surface area contributed by atoms with Gasteiger partial charge in [-0.05, 0) is 30.2 Å². The second-order valence-electron chi connectivity index (χ2n) is 4.46. The van der Waals surface area contributed by atoms with Gasteiger partial charge in [0.1, 0.15) is 0 Å². The zero-order chi connectivity index (χ0) is 14.7. The third kappa shape index (κ3) is 3.26. The minimum atomic E-state index is -0.522. The minimum absolute atomic E-state index is 0.369. The molecule has 0 spiro atoms. The number of hydrogen-bond acceptors (Lipinski definition) is 3. The number of amides is 1. The molecule has 5 heteroatoms. The third-order valence-corrected chi connectivity index (χ3v) is 4.56. The van der Waals surface area contributed by atoms with E-state index in [4.69, 9.17) is 23.1 Å². The lowest BCUT2D eigenvalue weighted by Crippen LogP contribution is -2.13. The number of benzene rings is 2. The number of carbonyl (C=O) groups is 1. The molecule has 0 unspecified atom stereocenters. The molecule has 0 aliphatic heterocycles. The van der Waals surface area contributed by atoms with E-state index in [1.807, 2.05) is 12.1 Å². The summed E-state index contributed by atoms with van der Waals surface area (Å²) >= 11 is 7.67. The maximum atomic E-state index is 11.5. The van der Waals surface area contributed by atoms with Crippen LogP contribution in [0, 0.1) is 6.92 Å². The lowest BCUT2D eigenvalue weighted by atomic mass is 10.1. The Bertz CT molecular complexity index is 658. The van der Waals surface area contributed by atoms with Crippen molar-refractivity contribution in [3.05, 3.63) is 58.1 Å². The maximum Gasteiger partial charge on any atom is 0.249 e. The molecule has 2 rings (SSSR count). The Labute approximate surface area is 127 Å². The van der Waals surface area contributed by atoms with Crippen LogP contribution >= 0.6 is 23.4 Å². The van der Waals surface area contributed by atoms with Crippen molar-refractivity contribution in [3.8, 4) is 0 Å². The standard InChI is InChI=1S/C15H15ClN2OS/c1-9-4-2-3-5-10(9)8-20-14-12(15(18)19)6-11(17)7-13(14)16/h2-7H,8,17H2,1H3,(H2,18,19). The molecule has 0 aliphatic rings. The van der Waals surface area contributed by atoms with Gasteiger partial charge in [-0.2, -0.15) is 0 Å². The number of aryl methyl sites for hydroxylation is 1.